The lowest BCUT2D eigenvalue weighted by molar-refractivity contribution is 0.414. The molecule has 1 aromatic rings. The fourth-order valence-electron chi connectivity index (χ4n) is 1.65. The van der Waals surface area contributed by atoms with E-state index in [1.807, 2.05) is 6.92 Å². The molecule has 114 valence electrons. The fraction of sp³-hybridized carbons (Fsp3) is 0.538. The highest BCUT2D eigenvalue weighted by Gasteiger charge is 2.13. The fourth-order valence-corrected chi connectivity index (χ4v) is 2.82. The van der Waals surface area contributed by atoms with E-state index in [1.165, 1.54) is 25.3 Å². The maximum atomic E-state index is 13.5. The van der Waals surface area contributed by atoms with Crippen molar-refractivity contribution >= 4 is 15.7 Å². The Balaban J connectivity index is 2.57. The van der Waals surface area contributed by atoms with Crippen molar-refractivity contribution in [2.75, 3.05) is 30.7 Å². The van der Waals surface area contributed by atoms with Gasteiger partial charge in [-0.15, -0.1) is 0 Å². The summed E-state index contributed by atoms with van der Waals surface area (Å²) in [4.78, 5) is 0. The minimum atomic E-state index is -3.54. The molecule has 0 bridgehead atoms. The summed E-state index contributed by atoms with van der Waals surface area (Å²) in [6, 6.07) is 3.93. The molecule has 0 aliphatic heterocycles. The first-order valence-electron chi connectivity index (χ1n) is 6.53. The Hall–Kier alpha value is -1.34. The van der Waals surface area contributed by atoms with Gasteiger partial charge >= 0.3 is 0 Å². The molecule has 0 aromatic heterocycles. The minimum absolute atomic E-state index is 0.0327. The van der Waals surface area contributed by atoms with Gasteiger partial charge in [-0.05, 0) is 38.1 Å². The van der Waals surface area contributed by atoms with Crippen molar-refractivity contribution in [1.29, 1.82) is 0 Å². The molecule has 0 heterocycles. The summed E-state index contributed by atoms with van der Waals surface area (Å²) in [5, 5.41) is 3.12. The van der Waals surface area contributed by atoms with Crippen LogP contribution in [0.5, 0.6) is 5.75 Å². The molecule has 0 aliphatic carbocycles. The average molecular weight is 304 g/mol. The maximum Gasteiger partial charge on any atom is 0.232 e. The first kappa shape index (κ1) is 16.7. The van der Waals surface area contributed by atoms with Crippen molar-refractivity contribution in [3.63, 3.8) is 0 Å². The summed E-state index contributed by atoms with van der Waals surface area (Å²) in [6.45, 7) is 3.63. The Morgan fingerprint density at radius 1 is 1.30 bits per heavy atom. The second kappa shape index (κ2) is 8.06. The number of nitrogens with one attached hydrogen (secondary N) is 2. The number of benzene rings is 1. The van der Waals surface area contributed by atoms with Crippen molar-refractivity contribution in [3.05, 3.63) is 24.0 Å². The Labute approximate surface area is 119 Å². The molecule has 7 heteroatoms. The first-order valence-corrected chi connectivity index (χ1v) is 8.18. The third-order valence-electron chi connectivity index (χ3n) is 2.71. The van der Waals surface area contributed by atoms with E-state index in [4.69, 9.17) is 4.74 Å². The van der Waals surface area contributed by atoms with Gasteiger partial charge in [-0.25, -0.2) is 12.8 Å². The van der Waals surface area contributed by atoms with Crippen LogP contribution in [0, 0.1) is 5.82 Å². The molecule has 0 atom stereocenters. The van der Waals surface area contributed by atoms with Gasteiger partial charge in [0.1, 0.15) is 11.6 Å². The summed E-state index contributed by atoms with van der Waals surface area (Å²) in [5.74, 6) is -0.257. The summed E-state index contributed by atoms with van der Waals surface area (Å²) in [5.41, 5.74) is -0.0870. The zero-order valence-corrected chi connectivity index (χ0v) is 12.6. The van der Waals surface area contributed by atoms with Gasteiger partial charge in [-0.1, -0.05) is 6.92 Å². The number of hydrogen-bond donors (Lipinski definition) is 2. The van der Waals surface area contributed by atoms with Gasteiger partial charge in [-0.2, -0.15) is 0 Å². The molecule has 0 spiro atoms. The number of rotatable bonds is 9. The third kappa shape index (κ3) is 5.75. The quantitative estimate of drug-likeness (QED) is 0.684. The number of sulfonamides is 1. The van der Waals surface area contributed by atoms with Crippen LogP contribution in [-0.4, -0.2) is 34.4 Å². The summed E-state index contributed by atoms with van der Waals surface area (Å²) >= 11 is 0. The number of hydrogen-bond acceptors (Lipinski definition) is 4. The second-order valence-corrected chi connectivity index (χ2v) is 6.17. The van der Waals surface area contributed by atoms with Crippen molar-refractivity contribution in [1.82, 2.24) is 5.32 Å². The van der Waals surface area contributed by atoms with Gasteiger partial charge < -0.3 is 10.1 Å². The van der Waals surface area contributed by atoms with E-state index in [0.29, 0.717) is 12.2 Å². The number of unbranched alkanes of at least 4 members (excludes halogenated alkanes) is 1. The molecule has 5 nitrogen and oxygen atoms in total. The Kier molecular flexibility index (Phi) is 6.74. The summed E-state index contributed by atoms with van der Waals surface area (Å²) in [6.07, 6.45) is 1.28. The highest BCUT2D eigenvalue weighted by molar-refractivity contribution is 7.92. The molecular formula is C13H21FN2O3S. The Morgan fingerprint density at radius 2 is 2.05 bits per heavy atom. The zero-order valence-electron chi connectivity index (χ0n) is 11.8. The summed E-state index contributed by atoms with van der Waals surface area (Å²) in [7, 11) is -2.11. The molecule has 0 radical (unpaired) electrons. The number of methoxy groups -OCH3 is 1. The molecule has 0 aliphatic rings. The van der Waals surface area contributed by atoms with Crippen LogP contribution in [-0.2, 0) is 10.0 Å². The minimum Gasteiger partial charge on any atom is -0.497 e. The molecule has 2 N–H and O–H groups in total. The van der Waals surface area contributed by atoms with E-state index >= 15 is 0 Å². The van der Waals surface area contributed by atoms with Gasteiger partial charge in [0, 0.05) is 6.07 Å². The topological polar surface area (TPSA) is 67.4 Å². The molecule has 0 unspecified atom stereocenters. The first-order chi connectivity index (χ1) is 9.48. The van der Waals surface area contributed by atoms with Crippen LogP contribution >= 0.6 is 0 Å². The van der Waals surface area contributed by atoms with E-state index in [2.05, 4.69) is 10.0 Å². The molecular weight excluding hydrogens is 283 g/mol. The zero-order chi connectivity index (χ0) is 15.0. The predicted molar refractivity (Wildman–Crippen MR) is 78.1 cm³/mol. The van der Waals surface area contributed by atoms with Crippen molar-refractivity contribution in [2.24, 2.45) is 0 Å². The standard InChI is InChI=1S/C13H21FN2O3S/c1-3-15-8-4-5-9-20(17,18)16-13-10-11(19-2)6-7-12(13)14/h6-7,10,15-16H,3-5,8-9H2,1-2H3. The Morgan fingerprint density at radius 3 is 2.70 bits per heavy atom. The van der Waals surface area contributed by atoms with E-state index < -0.39 is 15.8 Å². The van der Waals surface area contributed by atoms with Crippen LogP contribution in [0.3, 0.4) is 0 Å². The normalized spacial score (nSPS) is 11.3. The lowest BCUT2D eigenvalue weighted by Crippen LogP contribution is -2.19. The van der Waals surface area contributed by atoms with E-state index in [-0.39, 0.29) is 11.4 Å². The molecule has 1 aromatic carbocycles. The average Bonchev–Trinajstić information content (AvgIpc) is 2.41. The highest BCUT2D eigenvalue weighted by atomic mass is 32.2. The number of halogens is 1. The molecule has 1 rings (SSSR count). The third-order valence-corrected chi connectivity index (χ3v) is 4.06. The van der Waals surface area contributed by atoms with Crippen LogP contribution in [0.4, 0.5) is 10.1 Å². The van der Waals surface area contributed by atoms with Gasteiger partial charge in [0.05, 0.1) is 18.6 Å². The predicted octanol–water partition coefficient (Wildman–Crippen LogP) is 1.97. The van der Waals surface area contributed by atoms with Crippen LogP contribution in [0.25, 0.3) is 0 Å². The molecule has 0 saturated carbocycles. The SMILES string of the molecule is CCNCCCCS(=O)(=O)Nc1cc(OC)ccc1F. The highest BCUT2D eigenvalue weighted by Crippen LogP contribution is 2.22. The number of ether oxygens (including phenoxy) is 1. The van der Waals surface area contributed by atoms with Crippen LogP contribution in [0.2, 0.25) is 0 Å². The second-order valence-electron chi connectivity index (χ2n) is 4.33. The van der Waals surface area contributed by atoms with E-state index in [0.717, 1.165) is 19.5 Å². The van der Waals surface area contributed by atoms with Gasteiger partial charge in [-0.3, -0.25) is 4.72 Å². The molecule has 0 saturated heterocycles. The number of anilines is 1. The smallest absolute Gasteiger partial charge is 0.232 e. The Bertz CT molecular complexity index is 520. The van der Waals surface area contributed by atoms with Crippen LogP contribution < -0.4 is 14.8 Å². The maximum absolute atomic E-state index is 13.5. The van der Waals surface area contributed by atoms with E-state index in [9.17, 15) is 12.8 Å². The van der Waals surface area contributed by atoms with Gasteiger partial charge in [0.25, 0.3) is 0 Å². The van der Waals surface area contributed by atoms with Crippen molar-refractivity contribution < 1.29 is 17.5 Å². The molecule has 0 amide bonds. The van der Waals surface area contributed by atoms with Crippen LogP contribution in [0.15, 0.2) is 18.2 Å². The molecule has 20 heavy (non-hydrogen) atoms. The van der Waals surface area contributed by atoms with E-state index in [1.54, 1.807) is 0 Å². The van der Waals surface area contributed by atoms with Crippen molar-refractivity contribution in [3.8, 4) is 5.75 Å². The largest absolute Gasteiger partial charge is 0.497 e. The monoisotopic (exact) mass is 304 g/mol. The van der Waals surface area contributed by atoms with Crippen LogP contribution in [0.1, 0.15) is 19.8 Å². The lowest BCUT2D eigenvalue weighted by Gasteiger charge is -2.10. The lowest BCUT2D eigenvalue weighted by atomic mass is 10.3. The van der Waals surface area contributed by atoms with Crippen molar-refractivity contribution in [2.45, 2.75) is 19.8 Å². The summed E-state index contributed by atoms with van der Waals surface area (Å²) < 4.78 is 44.4. The van der Waals surface area contributed by atoms with Gasteiger partial charge in [0.2, 0.25) is 10.0 Å². The van der Waals surface area contributed by atoms with Gasteiger partial charge in [0.15, 0.2) is 0 Å². The molecule has 0 fully saturated rings.